The van der Waals surface area contributed by atoms with Crippen LogP contribution < -0.4 is 5.43 Å². The molecule has 3 aromatic rings. The van der Waals surface area contributed by atoms with Crippen molar-refractivity contribution in [2.24, 2.45) is 5.10 Å². The Kier molecular flexibility index (Phi) is 5.78. The van der Waals surface area contributed by atoms with Crippen LogP contribution in [0.1, 0.15) is 16.1 Å². The van der Waals surface area contributed by atoms with Gasteiger partial charge in [-0.1, -0.05) is 23.2 Å². The lowest BCUT2D eigenvalue weighted by atomic mass is 10.2. The highest BCUT2D eigenvalue weighted by Gasteiger charge is 2.09. The van der Waals surface area contributed by atoms with E-state index in [-0.39, 0.29) is 5.91 Å². The van der Waals surface area contributed by atoms with E-state index in [0.717, 1.165) is 3.57 Å². The number of hydrazone groups is 1. The van der Waals surface area contributed by atoms with Gasteiger partial charge in [0.25, 0.3) is 5.91 Å². The minimum Gasteiger partial charge on any atom is -0.455 e. The van der Waals surface area contributed by atoms with Gasteiger partial charge in [-0.25, -0.2) is 5.43 Å². The van der Waals surface area contributed by atoms with Crippen LogP contribution in [-0.4, -0.2) is 12.1 Å². The normalized spacial score (nSPS) is 11.0. The molecule has 1 N–H and O–H groups in total. The van der Waals surface area contributed by atoms with Gasteiger partial charge in [0.2, 0.25) is 0 Å². The molecule has 1 aromatic heterocycles. The molecule has 0 fully saturated rings. The van der Waals surface area contributed by atoms with Gasteiger partial charge >= 0.3 is 0 Å². The molecule has 0 spiro atoms. The Hall–Kier alpha value is -1.83. The Morgan fingerprint density at radius 3 is 2.60 bits per heavy atom. The fourth-order valence-electron chi connectivity index (χ4n) is 2.07. The molecule has 3 rings (SSSR count). The van der Waals surface area contributed by atoms with Gasteiger partial charge in [0.15, 0.2) is 0 Å². The predicted molar refractivity (Wildman–Crippen MR) is 108 cm³/mol. The van der Waals surface area contributed by atoms with Crippen LogP contribution in [0.15, 0.2) is 64.1 Å². The molecule has 126 valence electrons. The topological polar surface area (TPSA) is 54.6 Å². The molecule has 1 amide bonds. The van der Waals surface area contributed by atoms with Crippen molar-refractivity contribution < 1.29 is 9.21 Å². The lowest BCUT2D eigenvalue weighted by molar-refractivity contribution is 0.0955. The third-order valence-corrected chi connectivity index (χ3v) is 4.57. The summed E-state index contributed by atoms with van der Waals surface area (Å²) in [5.74, 6) is 0.754. The number of carbonyl (C=O) groups excluding carboxylic acids is 1. The zero-order chi connectivity index (χ0) is 17.8. The van der Waals surface area contributed by atoms with E-state index in [2.05, 4.69) is 33.1 Å². The first-order valence-corrected chi connectivity index (χ1v) is 9.00. The van der Waals surface area contributed by atoms with Gasteiger partial charge in [-0.2, -0.15) is 5.10 Å². The highest BCUT2D eigenvalue weighted by atomic mass is 127. The van der Waals surface area contributed by atoms with Crippen molar-refractivity contribution in [2.75, 3.05) is 0 Å². The van der Waals surface area contributed by atoms with Gasteiger partial charge in [0, 0.05) is 19.7 Å². The minimum atomic E-state index is -0.294. The van der Waals surface area contributed by atoms with E-state index in [4.69, 9.17) is 27.6 Å². The number of nitrogens with zero attached hydrogens (tertiary/aromatic N) is 1. The van der Waals surface area contributed by atoms with Crippen molar-refractivity contribution in [3.05, 3.63) is 79.5 Å². The largest absolute Gasteiger partial charge is 0.455 e. The summed E-state index contributed by atoms with van der Waals surface area (Å²) in [4.78, 5) is 12.0. The van der Waals surface area contributed by atoms with Crippen molar-refractivity contribution in [3.8, 4) is 11.3 Å². The summed E-state index contributed by atoms with van der Waals surface area (Å²) >= 11 is 14.3. The Morgan fingerprint density at radius 2 is 1.84 bits per heavy atom. The van der Waals surface area contributed by atoms with Crippen molar-refractivity contribution in [1.29, 1.82) is 0 Å². The molecule has 2 aromatic carbocycles. The monoisotopic (exact) mass is 484 g/mol. The molecule has 1 heterocycles. The van der Waals surface area contributed by atoms with Gasteiger partial charge in [-0.15, -0.1) is 0 Å². The first kappa shape index (κ1) is 18.0. The van der Waals surface area contributed by atoms with Gasteiger partial charge in [-0.3, -0.25) is 4.79 Å². The molecule has 0 radical (unpaired) electrons. The average Bonchev–Trinajstić information content (AvgIpc) is 3.06. The lowest BCUT2D eigenvalue weighted by Gasteiger charge is -2.01. The zero-order valence-corrected chi connectivity index (χ0v) is 16.3. The summed E-state index contributed by atoms with van der Waals surface area (Å²) in [6, 6.07) is 15.8. The Morgan fingerprint density at radius 1 is 1.08 bits per heavy atom. The van der Waals surface area contributed by atoms with Crippen molar-refractivity contribution in [3.63, 3.8) is 0 Å². The van der Waals surface area contributed by atoms with Gasteiger partial charge in [0.1, 0.15) is 11.5 Å². The van der Waals surface area contributed by atoms with Crippen molar-refractivity contribution >= 4 is 57.9 Å². The molecule has 0 saturated carbocycles. The number of carbonyl (C=O) groups is 1. The van der Waals surface area contributed by atoms with Gasteiger partial charge in [0.05, 0.1) is 11.2 Å². The maximum absolute atomic E-state index is 12.0. The smallest absolute Gasteiger partial charge is 0.271 e. The third kappa shape index (κ3) is 4.62. The zero-order valence-electron chi connectivity index (χ0n) is 12.7. The van der Waals surface area contributed by atoms with E-state index in [0.29, 0.717) is 32.7 Å². The highest BCUT2D eigenvalue weighted by Crippen LogP contribution is 2.31. The van der Waals surface area contributed by atoms with E-state index in [1.165, 1.54) is 6.21 Å². The summed E-state index contributed by atoms with van der Waals surface area (Å²) < 4.78 is 6.72. The summed E-state index contributed by atoms with van der Waals surface area (Å²) in [6.07, 6.45) is 1.42. The summed E-state index contributed by atoms with van der Waals surface area (Å²) in [7, 11) is 0. The molecular formula is C18H11Cl2IN2O2. The number of hydrogen-bond acceptors (Lipinski definition) is 3. The number of rotatable bonds is 4. The molecule has 25 heavy (non-hydrogen) atoms. The van der Waals surface area contributed by atoms with Crippen LogP contribution in [0.4, 0.5) is 0 Å². The first-order chi connectivity index (χ1) is 12.0. The van der Waals surface area contributed by atoms with Crippen LogP contribution in [0.25, 0.3) is 11.3 Å². The van der Waals surface area contributed by atoms with Crippen molar-refractivity contribution in [2.45, 2.75) is 0 Å². The van der Waals surface area contributed by atoms with Crippen LogP contribution in [-0.2, 0) is 0 Å². The second kappa shape index (κ2) is 8.03. The molecule has 4 nitrogen and oxygen atoms in total. The number of nitrogens with one attached hydrogen (secondary N) is 1. The van der Waals surface area contributed by atoms with Gasteiger partial charge < -0.3 is 4.42 Å². The van der Waals surface area contributed by atoms with Crippen LogP contribution in [0.5, 0.6) is 0 Å². The molecule has 0 aliphatic heterocycles. The number of amides is 1. The fraction of sp³-hybridized carbons (Fsp3) is 0. The second-order valence-electron chi connectivity index (χ2n) is 5.03. The molecule has 7 heteroatoms. The maximum atomic E-state index is 12.0. The van der Waals surface area contributed by atoms with Crippen molar-refractivity contribution in [1.82, 2.24) is 5.43 Å². The summed E-state index contributed by atoms with van der Waals surface area (Å²) in [6.45, 7) is 0. The minimum absolute atomic E-state index is 0.294. The molecule has 0 saturated heterocycles. The quantitative estimate of drug-likeness (QED) is 0.297. The Balaban J connectivity index is 1.69. The molecule has 0 aliphatic carbocycles. The Labute approximate surface area is 168 Å². The van der Waals surface area contributed by atoms with Crippen LogP contribution in [0.3, 0.4) is 0 Å². The van der Waals surface area contributed by atoms with Crippen LogP contribution >= 0.6 is 45.8 Å². The highest BCUT2D eigenvalue weighted by molar-refractivity contribution is 14.1. The summed E-state index contributed by atoms with van der Waals surface area (Å²) in [5, 5.41) is 5.01. The van der Waals surface area contributed by atoms with E-state index in [1.807, 2.05) is 12.1 Å². The maximum Gasteiger partial charge on any atom is 0.271 e. The second-order valence-corrected chi connectivity index (χ2v) is 7.12. The SMILES string of the molecule is O=C(N/N=C\c1ccc(-c2cc(Cl)ccc2Cl)o1)c1ccc(I)cc1. The standard InChI is InChI=1S/C18H11Cl2IN2O2/c19-12-3-7-16(20)15(9-12)17-8-6-14(25-17)10-22-23-18(24)11-1-4-13(21)5-2-11/h1-10H,(H,23,24)/b22-10-. The predicted octanol–water partition coefficient (Wildman–Crippen LogP) is 5.62. The summed E-state index contributed by atoms with van der Waals surface area (Å²) in [5.41, 5.74) is 3.68. The number of furan rings is 1. The molecule has 0 bridgehead atoms. The third-order valence-electron chi connectivity index (χ3n) is 3.28. The van der Waals surface area contributed by atoms with E-state index in [9.17, 15) is 4.79 Å². The van der Waals surface area contributed by atoms with Crippen LogP contribution in [0.2, 0.25) is 10.0 Å². The Bertz CT molecular complexity index is 937. The molecular weight excluding hydrogens is 474 g/mol. The lowest BCUT2D eigenvalue weighted by Crippen LogP contribution is -2.17. The number of benzene rings is 2. The molecule has 0 aliphatic rings. The first-order valence-electron chi connectivity index (χ1n) is 7.17. The number of hydrogen-bond donors (Lipinski definition) is 1. The van der Waals surface area contributed by atoms with E-state index in [1.54, 1.807) is 42.5 Å². The van der Waals surface area contributed by atoms with Gasteiger partial charge in [-0.05, 0) is 77.2 Å². The number of halogens is 3. The average molecular weight is 485 g/mol. The van der Waals surface area contributed by atoms with E-state index >= 15 is 0 Å². The van der Waals surface area contributed by atoms with Crippen LogP contribution in [0, 0.1) is 3.57 Å². The fourth-order valence-corrected chi connectivity index (χ4v) is 2.82. The molecule has 0 unspecified atom stereocenters. The van der Waals surface area contributed by atoms with E-state index < -0.39 is 0 Å². The molecule has 0 atom stereocenters.